The van der Waals surface area contributed by atoms with Crippen LogP contribution in [0.15, 0.2) is 54.6 Å². The molecule has 1 N–H and O–H groups in total. The number of rotatable bonds is 1. The van der Waals surface area contributed by atoms with Crippen LogP contribution in [-0.2, 0) is 12.0 Å². The maximum absolute atomic E-state index is 11.1. The molecule has 86 valence electrons. The Kier molecular flexibility index (Phi) is 2.30. The Labute approximate surface area is 102 Å². The van der Waals surface area contributed by atoms with Gasteiger partial charge < -0.3 is 5.11 Å². The molecule has 0 aromatic heterocycles. The van der Waals surface area contributed by atoms with E-state index in [4.69, 9.17) is 0 Å². The van der Waals surface area contributed by atoms with Gasteiger partial charge in [-0.3, -0.25) is 0 Å². The molecule has 0 radical (unpaired) electrons. The molecule has 0 aliphatic heterocycles. The van der Waals surface area contributed by atoms with Crippen LogP contribution in [0.4, 0.5) is 0 Å². The van der Waals surface area contributed by atoms with Crippen molar-refractivity contribution in [2.45, 2.75) is 18.9 Å². The number of benzene rings is 2. The van der Waals surface area contributed by atoms with E-state index >= 15 is 0 Å². The van der Waals surface area contributed by atoms with Crippen molar-refractivity contribution in [1.82, 2.24) is 0 Å². The fourth-order valence-electron chi connectivity index (χ4n) is 2.95. The van der Waals surface area contributed by atoms with Gasteiger partial charge in [-0.05, 0) is 29.0 Å². The van der Waals surface area contributed by atoms with Crippen molar-refractivity contribution in [3.63, 3.8) is 0 Å². The van der Waals surface area contributed by atoms with Gasteiger partial charge in [0.25, 0.3) is 0 Å². The van der Waals surface area contributed by atoms with Gasteiger partial charge in [-0.2, -0.15) is 0 Å². The summed E-state index contributed by atoms with van der Waals surface area (Å²) < 4.78 is 0. The molecule has 1 aliphatic rings. The first-order chi connectivity index (χ1) is 8.23. The van der Waals surface area contributed by atoms with E-state index in [2.05, 4.69) is 13.0 Å². The predicted octanol–water partition coefficient (Wildman–Crippen LogP) is 3.11. The summed E-state index contributed by atoms with van der Waals surface area (Å²) in [6.45, 7) is 2.12. The highest BCUT2D eigenvalue weighted by atomic mass is 16.3. The zero-order valence-corrected chi connectivity index (χ0v) is 9.93. The van der Waals surface area contributed by atoms with Crippen molar-refractivity contribution in [1.29, 1.82) is 0 Å². The fourth-order valence-corrected chi connectivity index (χ4v) is 2.95. The number of hydrogen-bond acceptors (Lipinski definition) is 1. The van der Waals surface area contributed by atoms with Crippen molar-refractivity contribution in [3.05, 3.63) is 71.3 Å². The summed E-state index contributed by atoms with van der Waals surface area (Å²) in [7, 11) is 0. The summed E-state index contributed by atoms with van der Waals surface area (Å²) in [4.78, 5) is 0. The molecular weight excluding hydrogens is 208 g/mol. The average Bonchev–Trinajstić information content (AvgIpc) is 2.64. The van der Waals surface area contributed by atoms with Crippen LogP contribution in [0.25, 0.3) is 0 Å². The molecule has 1 aliphatic carbocycles. The highest BCUT2D eigenvalue weighted by molar-refractivity contribution is 5.46. The predicted molar refractivity (Wildman–Crippen MR) is 68.8 cm³/mol. The zero-order valence-electron chi connectivity index (χ0n) is 9.93. The lowest BCUT2D eigenvalue weighted by molar-refractivity contribution is 0.0380. The Bertz CT molecular complexity index is 532. The third-order valence-electron chi connectivity index (χ3n) is 3.88. The summed E-state index contributed by atoms with van der Waals surface area (Å²) >= 11 is 0. The van der Waals surface area contributed by atoms with Crippen molar-refractivity contribution >= 4 is 0 Å². The molecule has 2 atom stereocenters. The Balaban J connectivity index is 2.20. The van der Waals surface area contributed by atoms with Crippen molar-refractivity contribution in [2.75, 3.05) is 0 Å². The molecule has 0 fully saturated rings. The van der Waals surface area contributed by atoms with E-state index in [1.807, 2.05) is 48.5 Å². The highest BCUT2D eigenvalue weighted by Crippen LogP contribution is 2.45. The van der Waals surface area contributed by atoms with Crippen molar-refractivity contribution in [3.8, 4) is 0 Å². The Hall–Kier alpha value is -1.60. The van der Waals surface area contributed by atoms with Gasteiger partial charge in [-0.25, -0.2) is 0 Å². The van der Waals surface area contributed by atoms with E-state index in [1.165, 1.54) is 5.56 Å². The first-order valence-electron chi connectivity index (χ1n) is 6.09. The normalized spacial score (nSPS) is 26.8. The van der Waals surface area contributed by atoms with Gasteiger partial charge in [0, 0.05) is 0 Å². The molecule has 17 heavy (non-hydrogen) atoms. The third-order valence-corrected chi connectivity index (χ3v) is 3.88. The molecular formula is C16H16O. The second-order valence-corrected chi connectivity index (χ2v) is 4.89. The second-order valence-electron chi connectivity index (χ2n) is 4.89. The summed E-state index contributed by atoms with van der Waals surface area (Å²) in [6.07, 6.45) is 0.946. The van der Waals surface area contributed by atoms with Gasteiger partial charge in [0.15, 0.2) is 0 Å². The van der Waals surface area contributed by atoms with Crippen LogP contribution < -0.4 is 0 Å². The minimum Gasteiger partial charge on any atom is -0.380 e. The first-order valence-corrected chi connectivity index (χ1v) is 6.09. The van der Waals surface area contributed by atoms with Crippen LogP contribution in [0.3, 0.4) is 0 Å². The molecule has 0 heterocycles. The van der Waals surface area contributed by atoms with Crippen LogP contribution >= 0.6 is 0 Å². The molecule has 0 amide bonds. The maximum atomic E-state index is 11.1. The van der Waals surface area contributed by atoms with Gasteiger partial charge in [0.1, 0.15) is 5.60 Å². The quantitative estimate of drug-likeness (QED) is 0.789. The van der Waals surface area contributed by atoms with Crippen molar-refractivity contribution < 1.29 is 5.11 Å². The summed E-state index contributed by atoms with van der Waals surface area (Å²) in [5.74, 6) is 0.224. The maximum Gasteiger partial charge on any atom is 0.118 e. The van der Waals surface area contributed by atoms with Crippen LogP contribution in [0, 0.1) is 5.92 Å². The van der Waals surface area contributed by atoms with Gasteiger partial charge >= 0.3 is 0 Å². The summed E-state index contributed by atoms with van der Waals surface area (Å²) in [5.41, 5.74) is 2.51. The zero-order chi connectivity index (χ0) is 11.9. The van der Waals surface area contributed by atoms with E-state index < -0.39 is 5.60 Å². The Morgan fingerprint density at radius 2 is 1.65 bits per heavy atom. The first kappa shape index (κ1) is 10.5. The standard InChI is InChI=1S/C16H16O/c1-12-11-13-7-5-6-10-15(13)16(12,17)14-8-3-2-4-9-14/h2-10,12,17H,11H2,1H3. The smallest absolute Gasteiger partial charge is 0.118 e. The summed E-state index contributed by atoms with van der Waals surface area (Å²) in [5, 5.41) is 11.1. The van der Waals surface area contributed by atoms with E-state index in [1.54, 1.807) is 0 Å². The number of aliphatic hydroxyl groups is 1. The third kappa shape index (κ3) is 1.43. The summed E-state index contributed by atoms with van der Waals surface area (Å²) in [6, 6.07) is 18.2. The van der Waals surface area contributed by atoms with E-state index in [9.17, 15) is 5.11 Å². The molecule has 3 rings (SSSR count). The molecule has 1 nitrogen and oxygen atoms in total. The van der Waals surface area contributed by atoms with Crippen LogP contribution in [0.2, 0.25) is 0 Å². The number of hydrogen-bond donors (Lipinski definition) is 1. The SMILES string of the molecule is CC1Cc2ccccc2C1(O)c1ccccc1. The Morgan fingerprint density at radius 3 is 2.41 bits per heavy atom. The molecule has 0 bridgehead atoms. The topological polar surface area (TPSA) is 20.2 Å². The minimum absolute atomic E-state index is 0.224. The van der Waals surface area contributed by atoms with Gasteiger partial charge in [-0.15, -0.1) is 0 Å². The van der Waals surface area contributed by atoms with E-state index in [0.717, 1.165) is 17.5 Å². The molecule has 2 aromatic rings. The molecule has 0 spiro atoms. The molecule has 0 saturated heterocycles. The van der Waals surface area contributed by atoms with Gasteiger partial charge in [-0.1, -0.05) is 61.5 Å². The number of fused-ring (bicyclic) bond motifs is 1. The molecule has 2 unspecified atom stereocenters. The van der Waals surface area contributed by atoms with Crippen molar-refractivity contribution in [2.24, 2.45) is 5.92 Å². The van der Waals surface area contributed by atoms with Crippen LogP contribution in [-0.4, -0.2) is 5.11 Å². The van der Waals surface area contributed by atoms with Crippen LogP contribution in [0.5, 0.6) is 0 Å². The van der Waals surface area contributed by atoms with Crippen LogP contribution in [0.1, 0.15) is 23.6 Å². The monoisotopic (exact) mass is 224 g/mol. The Morgan fingerprint density at radius 1 is 1.00 bits per heavy atom. The van der Waals surface area contributed by atoms with Gasteiger partial charge in [0.2, 0.25) is 0 Å². The van der Waals surface area contributed by atoms with E-state index in [0.29, 0.717) is 0 Å². The lowest BCUT2D eigenvalue weighted by Gasteiger charge is -2.29. The second kappa shape index (κ2) is 3.71. The van der Waals surface area contributed by atoms with E-state index in [-0.39, 0.29) is 5.92 Å². The average molecular weight is 224 g/mol. The fraction of sp³-hybridized carbons (Fsp3) is 0.250. The largest absolute Gasteiger partial charge is 0.380 e. The molecule has 2 aromatic carbocycles. The van der Waals surface area contributed by atoms with Gasteiger partial charge in [0.05, 0.1) is 0 Å². The highest BCUT2D eigenvalue weighted by Gasteiger charge is 2.43. The minimum atomic E-state index is -0.822. The molecule has 1 heteroatoms. The lowest BCUT2D eigenvalue weighted by Crippen LogP contribution is -2.30. The molecule has 0 saturated carbocycles. The lowest BCUT2D eigenvalue weighted by atomic mass is 9.82.